The lowest BCUT2D eigenvalue weighted by atomic mass is 9.94. The van der Waals surface area contributed by atoms with Crippen LogP contribution in [0.2, 0.25) is 0 Å². The molecular weight excluding hydrogens is 284 g/mol. The topological polar surface area (TPSA) is 24.5 Å². The van der Waals surface area contributed by atoms with Crippen LogP contribution in [0.15, 0.2) is 30.3 Å². The van der Waals surface area contributed by atoms with E-state index in [4.69, 9.17) is 16.3 Å². The van der Waals surface area contributed by atoms with Crippen molar-refractivity contribution in [1.82, 2.24) is 10.2 Å². The van der Waals surface area contributed by atoms with Crippen LogP contribution in [0.25, 0.3) is 0 Å². The summed E-state index contributed by atoms with van der Waals surface area (Å²) in [7, 11) is 0. The maximum Gasteiger partial charge on any atom is 0.0827 e. The highest BCUT2D eigenvalue weighted by molar-refractivity contribution is 6.18. The van der Waals surface area contributed by atoms with E-state index in [1.54, 1.807) is 0 Å². The van der Waals surface area contributed by atoms with Gasteiger partial charge in [-0.2, -0.15) is 0 Å². The summed E-state index contributed by atoms with van der Waals surface area (Å²) in [5, 5.41) is 3.61. The lowest BCUT2D eigenvalue weighted by molar-refractivity contribution is -0.0395. The molecular formula is C17H27ClN2O. The first-order valence-corrected chi connectivity index (χ1v) is 8.31. The van der Waals surface area contributed by atoms with Gasteiger partial charge in [0.1, 0.15) is 0 Å². The van der Waals surface area contributed by atoms with Crippen LogP contribution < -0.4 is 5.32 Å². The normalized spacial score (nSPS) is 23.2. The Morgan fingerprint density at radius 2 is 2.10 bits per heavy atom. The zero-order valence-corrected chi connectivity index (χ0v) is 14.1. The van der Waals surface area contributed by atoms with Gasteiger partial charge in [0.25, 0.3) is 0 Å². The molecule has 1 saturated heterocycles. The molecule has 0 radical (unpaired) electrons. The zero-order valence-electron chi connectivity index (χ0n) is 13.3. The Kier molecular flexibility index (Phi) is 6.06. The molecule has 0 saturated carbocycles. The fourth-order valence-corrected chi connectivity index (χ4v) is 2.96. The van der Waals surface area contributed by atoms with Crippen LogP contribution in [0, 0.1) is 0 Å². The first-order chi connectivity index (χ1) is 10.0. The summed E-state index contributed by atoms with van der Waals surface area (Å²) in [6.45, 7) is 10.3. The summed E-state index contributed by atoms with van der Waals surface area (Å²) in [5.74, 6) is 0.539. The van der Waals surface area contributed by atoms with Crippen molar-refractivity contribution >= 4 is 11.6 Å². The van der Waals surface area contributed by atoms with Crippen LogP contribution >= 0.6 is 11.6 Å². The molecule has 0 bridgehead atoms. The van der Waals surface area contributed by atoms with E-state index < -0.39 is 0 Å². The van der Waals surface area contributed by atoms with Gasteiger partial charge in [-0.25, -0.2) is 0 Å². The molecule has 1 heterocycles. The van der Waals surface area contributed by atoms with Gasteiger partial charge >= 0.3 is 0 Å². The van der Waals surface area contributed by atoms with E-state index in [2.05, 4.69) is 55.3 Å². The Labute approximate surface area is 133 Å². The number of morpholine rings is 1. The molecule has 118 valence electrons. The number of alkyl halides is 1. The fraction of sp³-hybridized carbons (Fsp3) is 0.647. The number of nitrogens with zero attached hydrogens (tertiary/aromatic N) is 1. The molecule has 0 aliphatic carbocycles. The third-order valence-corrected chi connectivity index (χ3v) is 4.83. The molecule has 3 nitrogen and oxygen atoms in total. The maximum atomic E-state index is 6.23. The predicted octanol–water partition coefficient (Wildman–Crippen LogP) is 2.84. The van der Waals surface area contributed by atoms with Crippen LogP contribution in [-0.2, 0) is 10.3 Å². The second-order valence-electron chi connectivity index (χ2n) is 6.29. The Morgan fingerprint density at radius 3 is 2.71 bits per heavy atom. The van der Waals surface area contributed by atoms with Crippen molar-refractivity contribution in [3.8, 4) is 0 Å². The van der Waals surface area contributed by atoms with Gasteiger partial charge in [0.05, 0.1) is 18.2 Å². The average Bonchev–Trinajstić information content (AvgIpc) is 2.53. The summed E-state index contributed by atoms with van der Waals surface area (Å²) in [4.78, 5) is 2.47. The minimum absolute atomic E-state index is 0.216. The number of halogens is 1. The van der Waals surface area contributed by atoms with E-state index in [1.165, 1.54) is 5.56 Å². The molecule has 2 atom stereocenters. The van der Waals surface area contributed by atoms with Gasteiger partial charge in [-0.05, 0) is 26.3 Å². The molecule has 1 N–H and O–H groups in total. The number of hydrogen-bond acceptors (Lipinski definition) is 3. The predicted molar refractivity (Wildman–Crippen MR) is 89.0 cm³/mol. The number of benzene rings is 1. The van der Waals surface area contributed by atoms with Gasteiger partial charge in [-0.1, -0.05) is 30.3 Å². The number of hydrogen-bond donors (Lipinski definition) is 1. The van der Waals surface area contributed by atoms with E-state index in [1.807, 2.05) is 6.07 Å². The summed E-state index contributed by atoms with van der Waals surface area (Å²) in [6.07, 6.45) is 0.229. The first-order valence-electron chi connectivity index (χ1n) is 7.77. The van der Waals surface area contributed by atoms with E-state index in [9.17, 15) is 0 Å². The molecule has 1 fully saturated rings. The maximum absolute atomic E-state index is 6.23. The summed E-state index contributed by atoms with van der Waals surface area (Å²) >= 11 is 6.23. The quantitative estimate of drug-likeness (QED) is 0.818. The molecule has 4 heteroatoms. The van der Waals surface area contributed by atoms with Gasteiger partial charge in [0.2, 0.25) is 0 Å². The lowest BCUT2D eigenvalue weighted by Gasteiger charge is -2.38. The smallest absolute Gasteiger partial charge is 0.0827 e. The SMILES string of the molecule is CC(C)N1CCOC(CNC(C)(CCl)c2ccccc2)C1. The van der Waals surface area contributed by atoms with Crippen molar-refractivity contribution in [2.75, 3.05) is 32.1 Å². The fourth-order valence-electron chi connectivity index (χ4n) is 2.71. The molecule has 1 aromatic carbocycles. The van der Waals surface area contributed by atoms with Crippen LogP contribution in [0.4, 0.5) is 0 Å². The van der Waals surface area contributed by atoms with Crippen LogP contribution in [0.5, 0.6) is 0 Å². The van der Waals surface area contributed by atoms with Crippen LogP contribution in [0.1, 0.15) is 26.3 Å². The zero-order chi connectivity index (χ0) is 15.3. The van der Waals surface area contributed by atoms with E-state index >= 15 is 0 Å². The van der Waals surface area contributed by atoms with E-state index in [-0.39, 0.29) is 11.6 Å². The minimum Gasteiger partial charge on any atom is -0.374 e. The largest absolute Gasteiger partial charge is 0.374 e. The average molecular weight is 311 g/mol. The number of rotatable bonds is 6. The summed E-state index contributed by atoms with van der Waals surface area (Å²) < 4.78 is 5.89. The molecule has 21 heavy (non-hydrogen) atoms. The number of ether oxygens (including phenoxy) is 1. The summed E-state index contributed by atoms with van der Waals surface area (Å²) in [6, 6.07) is 11.0. The number of nitrogens with one attached hydrogen (secondary N) is 1. The molecule has 2 rings (SSSR count). The lowest BCUT2D eigenvalue weighted by Crippen LogP contribution is -2.52. The van der Waals surface area contributed by atoms with Crippen molar-refractivity contribution in [2.24, 2.45) is 0 Å². The monoisotopic (exact) mass is 310 g/mol. The molecule has 1 aromatic rings. The highest BCUT2D eigenvalue weighted by Gasteiger charge is 2.28. The molecule has 1 aliphatic rings. The van der Waals surface area contributed by atoms with E-state index in [0.717, 1.165) is 26.2 Å². The second kappa shape index (κ2) is 7.59. The van der Waals surface area contributed by atoms with E-state index in [0.29, 0.717) is 11.9 Å². The highest BCUT2D eigenvalue weighted by Crippen LogP contribution is 2.22. The molecule has 0 amide bonds. The Hall–Kier alpha value is -0.610. The van der Waals surface area contributed by atoms with Gasteiger partial charge in [0, 0.05) is 31.6 Å². The van der Waals surface area contributed by atoms with Crippen molar-refractivity contribution in [1.29, 1.82) is 0 Å². The van der Waals surface area contributed by atoms with Crippen molar-refractivity contribution < 1.29 is 4.74 Å². The van der Waals surface area contributed by atoms with Crippen molar-refractivity contribution in [3.63, 3.8) is 0 Å². The van der Waals surface area contributed by atoms with Crippen molar-refractivity contribution in [2.45, 2.75) is 38.5 Å². The second-order valence-corrected chi connectivity index (χ2v) is 6.56. The van der Waals surface area contributed by atoms with Crippen LogP contribution in [0.3, 0.4) is 0 Å². The summed E-state index contributed by atoms with van der Waals surface area (Å²) in [5.41, 5.74) is 1.00. The Balaban J connectivity index is 1.94. The van der Waals surface area contributed by atoms with Gasteiger partial charge < -0.3 is 10.1 Å². The highest BCUT2D eigenvalue weighted by atomic mass is 35.5. The third-order valence-electron chi connectivity index (χ3n) is 4.30. The molecule has 2 unspecified atom stereocenters. The van der Waals surface area contributed by atoms with Crippen LogP contribution in [-0.4, -0.2) is 49.2 Å². The molecule has 0 spiro atoms. The van der Waals surface area contributed by atoms with Gasteiger partial charge in [-0.3, -0.25) is 4.90 Å². The first kappa shape index (κ1) is 16.8. The Morgan fingerprint density at radius 1 is 1.38 bits per heavy atom. The standard InChI is InChI=1S/C17H27ClN2O/c1-14(2)20-9-10-21-16(12-20)11-19-17(3,13-18)15-7-5-4-6-8-15/h4-8,14,16,19H,9-13H2,1-3H3. The Bertz CT molecular complexity index is 426. The van der Waals surface area contributed by atoms with Gasteiger partial charge in [0.15, 0.2) is 0 Å². The third kappa shape index (κ3) is 4.43. The minimum atomic E-state index is -0.216. The molecule has 1 aliphatic heterocycles. The van der Waals surface area contributed by atoms with Crippen molar-refractivity contribution in [3.05, 3.63) is 35.9 Å². The van der Waals surface area contributed by atoms with Gasteiger partial charge in [-0.15, -0.1) is 11.6 Å². The molecule has 0 aromatic heterocycles.